The van der Waals surface area contributed by atoms with Gasteiger partial charge in [0.05, 0.1) is 17.1 Å². The van der Waals surface area contributed by atoms with Crippen LogP contribution in [0.15, 0.2) is 45.3 Å². The second-order valence-corrected chi connectivity index (χ2v) is 9.09. The minimum atomic E-state index is -1.18. The number of carbonyl (C=O) groups is 1. The van der Waals surface area contributed by atoms with E-state index in [0.29, 0.717) is 16.5 Å². The van der Waals surface area contributed by atoms with Crippen molar-refractivity contribution in [2.24, 2.45) is 5.92 Å². The van der Waals surface area contributed by atoms with Crippen LogP contribution in [0.2, 0.25) is 0 Å². The number of nitrogens with one attached hydrogen (secondary N) is 1. The molecule has 2 aromatic rings. The number of benzene rings is 2. The number of halogens is 3. The predicted molar refractivity (Wildman–Crippen MR) is 118 cm³/mol. The highest BCUT2D eigenvalue weighted by Gasteiger charge is 2.60. The highest BCUT2D eigenvalue weighted by Crippen LogP contribution is 2.52. The molecule has 1 saturated heterocycles. The van der Waals surface area contributed by atoms with E-state index >= 15 is 0 Å². The Bertz CT molecular complexity index is 1000. The average molecular weight is 544 g/mol. The summed E-state index contributed by atoms with van der Waals surface area (Å²) in [6.07, 6.45) is 0. The lowest BCUT2D eigenvalue weighted by molar-refractivity contribution is -0.159. The topological polar surface area (TPSA) is 50.8 Å². The molecule has 0 amide bonds. The Morgan fingerprint density at radius 3 is 2.69 bits per heavy atom. The number of anilines is 1. The third-order valence-corrected chi connectivity index (χ3v) is 6.49. The quantitative estimate of drug-likeness (QED) is 0.430. The fraction of sp³-hybridized carbons (Fsp3) is 0.300. The zero-order valence-electron chi connectivity index (χ0n) is 15.5. The van der Waals surface area contributed by atoms with Crippen LogP contribution in [-0.4, -0.2) is 23.4 Å². The molecule has 3 atom stereocenters. The van der Waals surface area contributed by atoms with Crippen molar-refractivity contribution in [3.8, 4) is 5.75 Å². The van der Waals surface area contributed by atoms with Gasteiger partial charge < -0.3 is 14.8 Å². The lowest BCUT2D eigenvalue weighted by atomic mass is 9.79. The first-order valence-electron chi connectivity index (χ1n) is 8.97. The highest BCUT2D eigenvalue weighted by molar-refractivity contribution is 9.11. The van der Waals surface area contributed by atoms with Gasteiger partial charge in [0.2, 0.25) is 5.72 Å². The van der Waals surface area contributed by atoms with Gasteiger partial charge in [-0.1, -0.05) is 15.9 Å². The Morgan fingerprint density at radius 1 is 1.34 bits per heavy atom. The molecule has 3 unspecified atom stereocenters. The molecule has 29 heavy (non-hydrogen) atoms. The van der Waals surface area contributed by atoms with Crippen molar-refractivity contribution >= 4 is 60.8 Å². The second kappa shape index (κ2) is 7.52. The molecule has 0 saturated carbocycles. The van der Waals surface area contributed by atoms with Crippen molar-refractivity contribution in [3.63, 3.8) is 0 Å². The third-order valence-electron chi connectivity index (χ3n) is 5.14. The van der Waals surface area contributed by atoms with Gasteiger partial charge in [-0.3, -0.25) is 9.69 Å². The van der Waals surface area contributed by atoms with Crippen molar-refractivity contribution < 1.29 is 18.7 Å². The monoisotopic (exact) mass is 542 g/mol. The molecule has 2 aliphatic rings. The molecule has 5 nitrogen and oxygen atoms in total. The molecular formula is C20H17Br2FN2O3S. The highest BCUT2D eigenvalue weighted by atomic mass is 79.9. The van der Waals surface area contributed by atoms with Gasteiger partial charge in [0, 0.05) is 15.7 Å². The van der Waals surface area contributed by atoms with E-state index in [1.54, 1.807) is 30.9 Å². The minimum Gasteiger partial charge on any atom is -0.466 e. The summed E-state index contributed by atoms with van der Waals surface area (Å²) in [6.45, 7) is 3.81. The predicted octanol–water partition coefficient (Wildman–Crippen LogP) is 5.07. The number of fused-ring (bicyclic) bond motifs is 4. The SMILES string of the molecule is CCOC(=O)C1C2NC(=S)N(c3ccc(F)cc3)C1(C)Oc1c(Br)cc(Br)cc12. The van der Waals surface area contributed by atoms with Crippen LogP contribution in [0, 0.1) is 11.7 Å². The van der Waals surface area contributed by atoms with Crippen LogP contribution < -0.4 is 15.0 Å². The van der Waals surface area contributed by atoms with Gasteiger partial charge in [-0.25, -0.2) is 4.39 Å². The summed E-state index contributed by atoms with van der Waals surface area (Å²) in [6, 6.07) is 9.23. The molecule has 4 rings (SSSR count). The molecule has 1 N–H and O–H groups in total. The molecule has 0 aliphatic carbocycles. The van der Waals surface area contributed by atoms with E-state index in [9.17, 15) is 9.18 Å². The zero-order valence-corrected chi connectivity index (χ0v) is 19.5. The van der Waals surface area contributed by atoms with E-state index in [4.69, 9.17) is 21.7 Å². The van der Waals surface area contributed by atoms with Crippen LogP contribution in [0.1, 0.15) is 25.5 Å². The Morgan fingerprint density at radius 2 is 2.03 bits per heavy atom. The molecular weight excluding hydrogens is 527 g/mol. The molecule has 152 valence electrons. The minimum absolute atomic E-state index is 0.244. The maximum absolute atomic E-state index is 13.5. The summed E-state index contributed by atoms with van der Waals surface area (Å²) < 4.78 is 26.9. The van der Waals surface area contributed by atoms with Gasteiger partial charge in [0.15, 0.2) is 5.11 Å². The molecule has 0 spiro atoms. The van der Waals surface area contributed by atoms with Crippen molar-refractivity contribution in [1.82, 2.24) is 5.32 Å². The lowest BCUT2D eigenvalue weighted by Crippen LogP contribution is -2.71. The summed E-state index contributed by atoms with van der Waals surface area (Å²) in [5.74, 6) is -0.864. The zero-order chi connectivity index (χ0) is 20.9. The summed E-state index contributed by atoms with van der Waals surface area (Å²) in [5.41, 5.74) is 0.221. The van der Waals surface area contributed by atoms with Crippen molar-refractivity contribution in [1.29, 1.82) is 0 Å². The first-order chi connectivity index (χ1) is 13.8. The van der Waals surface area contributed by atoms with Gasteiger partial charge in [-0.15, -0.1) is 0 Å². The summed E-state index contributed by atoms with van der Waals surface area (Å²) in [5, 5.41) is 3.66. The molecule has 0 radical (unpaired) electrons. The van der Waals surface area contributed by atoms with Gasteiger partial charge in [0.25, 0.3) is 0 Å². The normalized spacial score (nSPS) is 25.0. The van der Waals surface area contributed by atoms with E-state index in [-0.39, 0.29) is 12.4 Å². The Balaban J connectivity index is 1.92. The fourth-order valence-corrected chi connectivity index (χ4v) is 5.73. The number of nitrogens with zero attached hydrogens (tertiary/aromatic N) is 1. The molecule has 2 heterocycles. The molecule has 2 aromatic carbocycles. The van der Waals surface area contributed by atoms with Gasteiger partial charge in [-0.05, 0) is 78.4 Å². The molecule has 2 aliphatic heterocycles. The van der Waals surface area contributed by atoms with Gasteiger partial charge in [-0.2, -0.15) is 0 Å². The van der Waals surface area contributed by atoms with E-state index < -0.39 is 23.7 Å². The van der Waals surface area contributed by atoms with E-state index in [0.717, 1.165) is 14.5 Å². The van der Waals surface area contributed by atoms with Crippen molar-refractivity contribution in [2.75, 3.05) is 11.5 Å². The number of carbonyl (C=O) groups excluding carboxylic acids is 1. The van der Waals surface area contributed by atoms with E-state index in [2.05, 4.69) is 37.2 Å². The Hall–Kier alpha value is -1.71. The van der Waals surface area contributed by atoms with Crippen LogP contribution in [0.4, 0.5) is 10.1 Å². The second-order valence-electron chi connectivity index (χ2n) is 6.93. The number of ether oxygens (including phenoxy) is 2. The Labute approximate surface area is 189 Å². The number of thiocarbonyl (C=S) groups is 1. The summed E-state index contributed by atoms with van der Waals surface area (Å²) in [4.78, 5) is 14.7. The average Bonchev–Trinajstić information content (AvgIpc) is 2.64. The van der Waals surface area contributed by atoms with Crippen molar-refractivity contribution in [3.05, 3.63) is 56.7 Å². The van der Waals surface area contributed by atoms with Crippen LogP contribution in [0.3, 0.4) is 0 Å². The van der Waals surface area contributed by atoms with E-state index in [1.807, 2.05) is 12.1 Å². The van der Waals surface area contributed by atoms with Crippen LogP contribution in [0.25, 0.3) is 0 Å². The first-order valence-corrected chi connectivity index (χ1v) is 11.0. The number of hydrogen-bond acceptors (Lipinski definition) is 4. The molecule has 9 heteroatoms. The molecule has 0 aromatic heterocycles. The summed E-state index contributed by atoms with van der Waals surface area (Å²) in [7, 11) is 0. The Kier molecular flexibility index (Phi) is 5.33. The standard InChI is InChI=1S/C20H17Br2FN2O3S/c1-3-27-18(26)15-16-13-8-10(21)9-14(22)17(13)28-20(15,2)25(19(29)24-16)12-6-4-11(23)5-7-12/h4-9,15-16H,3H2,1-2H3,(H,24,29). The van der Waals surface area contributed by atoms with Gasteiger partial charge >= 0.3 is 5.97 Å². The van der Waals surface area contributed by atoms with Crippen LogP contribution in [-0.2, 0) is 9.53 Å². The smallest absolute Gasteiger partial charge is 0.317 e. The maximum Gasteiger partial charge on any atom is 0.317 e. The molecule has 2 bridgehead atoms. The van der Waals surface area contributed by atoms with Crippen LogP contribution in [0.5, 0.6) is 5.75 Å². The number of hydrogen-bond donors (Lipinski definition) is 1. The van der Waals surface area contributed by atoms with Crippen molar-refractivity contribution in [2.45, 2.75) is 25.6 Å². The first kappa shape index (κ1) is 20.6. The maximum atomic E-state index is 13.5. The summed E-state index contributed by atoms with van der Waals surface area (Å²) >= 11 is 12.7. The third kappa shape index (κ3) is 3.33. The number of rotatable bonds is 3. The lowest BCUT2D eigenvalue weighted by Gasteiger charge is -2.55. The van der Waals surface area contributed by atoms with Crippen LogP contribution >= 0.6 is 44.1 Å². The van der Waals surface area contributed by atoms with Gasteiger partial charge in [0.1, 0.15) is 17.5 Å². The largest absolute Gasteiger partial charge is 0.466 e. The number of esters is 1. The molecule has 1 fully saturated rings. The fourth-order valence-electron chi connectivity index (χ4n) is 3.97. The van der Waals surface area contributed by atoms with E-state index in [1.165, 1.54) is 12.1 Å².